The molecule has 0 aliphatic carbocycles. The highest BCUT2D eigenvalue weighted by Gasteiger charge is 2.76. The molecule has 1 amide bonds. The Balaban J connectivity index is 4.00. The van der Waals surface area contributed by atoms with Crippen LogP contribution in [0.1, 0.15) is 53.9 Å². The third-order valence-electron chi connectivity index (χ3n) is 6.48. The van der Waals surface area contributed by atoms with Crippen molar-refractivity contribution < 1.29 is 39.0 Å². The van der Waals surface area contributed by atoms with E-state index in [2.05, 4.69) is 0 Å². The monoisotopic (exact) mass is 484 g/mol. The molecule has 0 saturated carbocycles. The largest absolute Gasteiger partial charge is 0.481 e. The molecule has 5 unspecified atom stereocenters. The van der Waals surface area contributed by atoms with Crippen molar-refractivity contribution in [1.82, 2.24) is 4.90 Å². The van der Waals surface area contributed by atoms with E-state index in [-0.39, 0.29) is 12.3 Å². The third kappa shape index (κ3) is 4.75. The van der Waals surface area contributed by atoms with E-state index in [9.17, 15) is 33.9 Å². The van der Waals surface area contributed by atoms with Crippen LogP contribution in [0, 0.1) is 17.3 Å². The van der Waals surface area contributed by atoms with Crippen LogP contribution < -0.4 is 17.2 Å². The first-order valence-corrected chi connectivity index (χ1v) is 11.1. The van der Waals surface area contributed by atoms with Gasteiger partial charge in [-0.3, -0.25) is 24.0 Å². The molecule has 34 heavy (non-hydrogen) atoms. The number of likely N-dealkylation sites (tertiary alicyclic amines) is 1. The molecule has 1 rings (SSSR count). The summed E-state index contributed by atoms with van der Waals surface area (Å²) in [5.41, 5.74) is 12.2. The van der Waals surface area contributed by atoms with E-state index in [0.29, 0.717) is 4.90 Å². The summed E-state index contributed by atoms with van der Waals surface area (Å²) in [5, 5.41) is 19.6. The Hall–Kier alpha value is -2.70. The molecule has 1 saturated heterocycles. The molecule has 1 aliphatic heterocycles. The number of ketones is 3. The molecule has 12 nitrogen and oxygen atoms in total. The van der Waals surface area contributed by atoms with Crippen LogP contribution in [0.25, 0.3) is 0 Å². The van der Waals surface area contributed by atoms with Crippen molar-refractivity contribution in [2.75, 3.05) is 6.54 Å². The summed E-state index contributed by atoms with van der Waals surface area (Å²) in [4.78, 5) is 78.6. The minimum Gasteiger partial charge on any atom is -0.481 e. The van der Waals surface area contributed by atoms with Crippen LogP contribution in [-0.4, -0.2) is 80.5 Å². The number of nitrogens with zero attached hydrogens (tertiary/aromatic N) is 1. The molecule has 1 aliphatic rings. The fraction of sp³-hybridized carbons (Fsp3) is 0.727. The van der Waals surface area contributed by atoms with E-state index < -0.39 is 89.6 Å². The summed E-state index contributed by atoms with van der Waals surface area (Å²) in [6.07, 6.45) is -1.40. The number of rotatable bonds is 12. The van der Waals surface area contributed by atoms with Gasteiger partial charge in [-0.2, -0.15) is 0 Å². The van der Waals surface area contributed by atoms with E-state index >= 15 is 0 Å². The number of hydrogen-bond donors (Lipinski definition) is 5. The Morgan fingerprint density at radius 3 is 1.82 bits per heavy atom. The first kappa shape index (κ1) is 29.3. The molecule has 192 valence electrons. The summed E-state index contributed by atoms with van der Waals surface area (Å²) in [5.74, 6) is -8.48. The van der Waals surface area contributed by atoms with Crippen molar-refractivity contribution in [2.45, 2.75) is 77.5 Å². The zero-order chi connectivity index (χ0) is 26.8. The second kappa shape index (κ2) is 10.7. The standard InChI is InChI=1S/C22H36N4O8/c1-10(2)8-13(23)17(30)21(12(5)27)6-7-26(19(32)16(25)11(3)4)22(21,20(33)34)18(31)14(24)9-15(28)29/h10-11,13-14,16H,6-9,23-25H2,1-5H3,(H,28,29)(H,33,34). The third-order valence-corrected chi connectivity index (χ3v) is 6.48. The van der Waals surface area contributed by atoms with Crippen LogP contribution in [0.5, 0.6) is 0 Å². The average molecular weight is 485 g/mol. The zero-order valence-electron chi connectivity index (χ0n) is 20.2. The van der Waals surface area contributed by atoms with Crippen molar-refractivity contribution in [3.63, 3.8) is 0 Å². The fourth-order valence-corrected chi connectivity index (χ4v) is 4.73. The summed E-state index contributed by atoms with van der Waals surface area (Å²) in [6, 6.07) is -4.51. The lowest BCUT2D eigenvalue weighted by atomic mass is 9.59. The lowest BCUT2D eigenvalue weighted by Crippen LogP contribution is -2.75. The van der Waals surface area contributed by atoms with Crippen LogP contribution in [-0.2, 0) is 28.8 Å². The number of carboxylic acid groups (broad SMARTS) is 2. The maximum atomic E-state index is 13.7. The van der Waals surface area contributed by atoms with Crippen molar-refractivity contribution in [2.24, 2.45) is 34.5 Å². The van der Waals surface area contributed by atoms with E-state index in [4.69, 9.17) is 22.3 Å². The Bertz CT molecular complexity index is 873. The van der Waals surface area contributed by atoms with Crippen molar-refractivity contribution in [3.8, 4) is 0 Å². The number of nitrogens with two attached hydrogens (primary N) is 3. The van der Waals surface area contributed by atoms with Crippen LogP contribution in [0.2, 0.25) is 0 Å². The maximum Gasteiger partial charge on any atom is 0.339 e. The summed E-state index contributed by atoms with van der Waals surface area (Å²) in [7, 11) is 0. The number of carbonyl (C=O) groups is 6. The predicted octanol–water partition coefficient (Wildman–Crippen LogP) is -1.09. The quantitative estimate of drug-likeness (QED) is 0.209. The Morgan fingerprint density at radius 2 is 1.44 bits per heavy atom. The van der Waals surface area contributed by atoms with Gasteiger partial charge in [-0.1, -0.05) is 27.7 Å². The van der Waals surface area contributed by atoms with Crippen LogP contribution in [0.4, 0.5) is 0 Å². The van der Waals surface area contributed by atoms with E-state index in [1.54, 1.807) is 27.7 Å². The minimum absolute atomic E-state index is 0.0817. The van der Waals surface area contributed by atoms with Gasteiger partial charge in [0.25, 0.3) is 0 Å². The predicted molar refractivity (Wildman–Crippen MR) is 120 cm³/mol. The molecule has 0 spiro atoms. The topological polar surface area (TPSA) is 224 Å². The number of amides is 1. The second-order valence-corrected chi connectivity index (χ2v) is 9.66. The van der Waals surface area contributed by atoms with Gasteiger partial charge in [0.05, 0.1) is 24.5 Å². The molecule has 0 aromatic carbocycles. The first-order valence-electron chi connectivity index (χ1n) is 11.1. The first-order chi connectivity index (χ1) is 15.5. The molecule has 0 aromatic heterocycles. The number of carboxylic acids is 2. The Morgan fingerprint density at radius 1 is 0.912 bits per heavy atom. The highest BCUT2D eigenvalue weighted by molar-refractivity contribution is 6.25. The van der Waals surface area contributed by atoms with Gasteiger partial charge in [-0.15, -0.1) is 0 Å². The molecule has 0 aromatic rings. The van der Waals surface area contributed by atoms with Gasteiger partial charge in [0, 0.05) is 6.54 Å². The van der Waals surface area contributed by atoms with Gasteiger partial charge in [-0.05, 0) is 31.6 Å². The molecule has 1 heterocycles. The zero-order valence-corrected chi connectivity index (χ0v) is 20.2. The number of hydrogen-bond acceptors (Lipinski definition) is 9. The number of Topliss-reactive ketones (excluding diaryl/α,β-unsaturated/α-hetero) is 3. The summed E-state index contributed by atoms with van der Waals surface area (Å²) < 4.78 is 0. The molecule has 5 atom stereocenters. The normalized spacial score (nSPS) is 25.2. The van der Waals surface area contributed by atoms with Gasteiger partial charge in [0.15, 0.2) is 11.6 Å². The maximum absolute atomic E-state index is 13.7. The van der Waals surface area contributed by atoms with Crippen LogP contribution in [0.3, 0.4) is 0 Å². The van der Waals surface area contributed by atoms with Crippen LogP contribution in [0.15, 0.2) is 0 Å². The van der Waals surface area contributed by atoms with Crippen molar-refractivity contribution >= 4 is 35.2 Å². The van der Waals surface area contributed by atoms with E-state index in [1.807, 2.05) is 0 Å². The average Bonchev–Trinajstić information content (AvgIpc) is 3.08. The Labute approximate surface area is 198 Å². The highest BCUT2D eigenvalue weighted by atomic mass is 16.4. The van der Waals surface area contributed by atoms with Gasteiger partial charge in [0.1, 0.15) is 11.2 Å². The SMILES string of the molecule is CC(=O)C1(C(=O)C(N)CC(C)C)CCN(C(=O)C(N)C(C)C)C1(C(=O)O)C(=O)C(N)CC(=O)O. The molecule has 8 N–H and O–H groups in total. The summed E-state index contributed by atoms with van der Waals surface area (Å²) >= 11 is 0. The lowest BCUT2D eigenvalue weighted by molar-refractivity contribution is -0.176. The van der Waals surface area contributed by atoms with Gasteiger partial charge >= 0.3 is 11.9 Å². The van der Waals surface area contributed by atoms with Crippen molar-refractivity contribution in [1.29, 1.82) is 0 Å². The second-order valence-electron chi connectivity index (χ2n) is 9.66. The van der Waals surface area contributed by atoms with E-state index in [0.717, 1.165) is 6.92 Å². The van der Waals surface area contributed by atoms with E-state index in [1.165, 1.54) is 0 Å². The van der Waals surface area contributed by atoms with Crippen molar-refractivity contribution in [3.05, 3.63) is 0 Å². The van der Waals surface area contributed by atoms with Crippen LogP contribution >= 0.6 is 0 Å². The molecule has 1 fully saturated rings. The van der Waals surface area contributed by atoms with Gasteiger partial charge < -0.3 is 32.3 Å². The highest BCUT2D eigenvalue weighted by Crippen LogP contribution is 2.50. The Kier molecular flexibility index (Phi) is 9.23. The molecule has 12 heteroatoms. The number of carbonyl (C=O) groups excluding carboxylic acids is 4. The lowest BCUT2D eigenvalue weighted by Gasteiger charge is -2.45. The fourth-order valence-electron chi connectivity index (χ4n) is 4.73. The van der Waals surface area contributed by atoms with Gasteiger partial charge in [-0.25, -0.2) is 4.79 Å². The summed E-state index contributed by atoms with van der Waals surface area (Å²) in [6.45, 7) is 7.21. The number of aliphatic carboxylic acids is 2. The molecular weight excluding hydrogens is 448 g/mol. The minimum atomic E-state index is -3.09. The molecule has 0 radical (unpaired) electrons. The molecular formula is C22H36N4O8. The molecule has 0 bridgehead atoms. The van der Waals surface area contributed by atoms with Gasteiger partial charge in [0.2, 0.25) is 11.4 Å². The smallest absolute Gasteiger partial charge is 0.339 e.